The maximum atomic E-state index is 5.63. The van der Waals surface area contributed by atoms with Gasteiger partial charge in [0.2, 0.25) is 0 Å². The number of hydrogen-bond acceptors (Lipinski definition) is 3. The van der Waals surface area contributed by atoms with Gasteiger partial charge < -0.3 is 10.6 Å². The van der Waals surface area contributed by atoms with E-state index in [1.165, 1.54) is 35.8 Å². The molecule has 0 bridgehead atoms. The molecule has 2 rings (SSSR count). The first-order valence-electron chi connectivity index (χ1n) is 5.02. The largest absolute Gasteiger partial charge is 0.370 e. The molecule has 5 heteroatoms. The van der Waals surface area contributed by atoms with E-state index < -0.39 is 0 Å². The Morgan fingerprint density at radius 1 is 1.19 bits per heavy atom. The summed E-state index contributed by atoms with van der Waals surface area (Å²) in [6, 6.07) is 8.56. The zero-order valence-electron chi connectivity index (χ0n) is 9.09. The van der Waals surface area contributed by atoms with Crippen LogP contribution < -0.4 is 10.6 Å². The smallest absolute Gasteiger partial charge is 0.0369 e. The molecule has 0 radical (unpaired) electrons. The van der Waals surface area contributed by atoms with E-state index in [-0.39, 0.29) is 24.8 Å². The van der Waals surface area contributed by atoms with E-state index in [0.717, 1.165) is 0 Å². The highest BCUT2D eigenvalue weighted by Crippen LogP contribution is 2.20. The van der Waals surface area contributed by atoms with Crippen LogP contribution in [0, 0.1) is 0 Å². The van der Waals surface area contributed by atoms with Gasteiger partial charge in [0, 0.05) is 36.8 Å². The van der Waals surface area contributed by atoms with Gasteiger partial charge in [0.05, 0.1) is 0 Å². The number of hydrogen-bond donors (Lipinski definition) is 1. The summed E-state index contributed by atoms with van der Waals surface area (Å²) in [6.07, 6.45) is 0. The molecule has 1 heterocycles. The molecule has 1 saturated heterocycles. The predicted octanol–water partition coefficient (Wildman–Crippen LogP) is 2.54. The van der Waals surface area contributed by atoms with Crippen molar-refractivity contribution in [3.05, 3.63) is 29.8 Å². The van der Waals surface area contributed by atoms with Crippen LogP contribution in [0.15, 0.2) is 24.3 Å². The Hall–Kier alpha value is -0.0900. The molecule has 0 amide bonds. The number of benzene rings is 1. The highest BCUT2D eigenvalue weighted by molar-refractivity contribution is 7.99. The second-order valence-corrected chi connectivity index (χ2v) is 4.70. The quantitative estimate of drug-likeness (QED) is 0.903. The Labute approximate surface area is 114 Å². The zero-order chi connectivity index (χ0) is 9.80. The molecule has 16 heavy (non-hydrogen) atoms. The molecule has 1 aliphatic rings. The van der Waals surface area contributed by atoms with Crippen molar-refractivity contribution in [3.8, 4) is 0 Å². The van der Waals surface area contributed by atoms with Gasteiger partial charge in [0.25, 0.3) is 0 Å². The lowest BCUT2D eigenvalue weighted by molar-refractivity contribution is 0.856. The normalized spacial score (nSPS) is 14.9. The van der Waals surface area contributed by atoms with Gasteiger partial charge in [-0.25, -0.2) is 0 Å². The van der Waals surface area contributed by atoms with Gasteiger partial charge in [0.15, 0.2) is 0 Å². The van der Waals surface area contributed by atoms with Crippen molar-refractivity contribution in [2.45, 2.75) is 6.54 Å². The van der Waals surface area contributed by atoms with Crippen molar-refractivity contribution in [1.82, 2.24) is 0 Å². The Balaban J connectivity index is 0.00000112. The molecule has 92 valence electrons. The summed E-state index contributed by atoms with van der Waals surface area (Å²) >= 11 is 2.04. The summed E-state index contributed by atoms with van der Waals surface area (Å²) in [6.45, 7) is 2.97. The number of nitrogens with zero attached hydrogens (tertiary/aromatic N) is 1. The second kappa shape index (κ2) is 8.07. The highest BCUT2D eigenvalue weighted by Gasteiger charge is 2.10. The van der Waals surface area contributed by atoms with Crippen LogP contribution in [0.4, 0.5) is 5.69 Å². The minimum Gasteiger partial charge on any atom is -0.370 e. The molecule has 1 fully saturated rings. The minimum atomic E-state index is 0. The van der Waals surface area contributed by atoms with Gasteiger partial charge in [-0.2, -0.15) is 11.8 Å². The Bertz CT molecular complexity index is 304. The summed E-state index contributed by atoms with van der Waals surface area (Å²) in [4.78, 5) is 2.44. The third-order valence-corrected chi connectivity index (χ3v) is 3.46. The van der Waals surface area contributed by atoms with Crippen molar-refractivity contribution in [3.63, 3.8) is 0 Å². The average Bonchev–Trinajstić information content (AvgIpc) is 2.30. The van der Waals surface area contributed by atoms with E-state index in [9.17, 15) is 0 Å². The summed E-state index contributed by atoms with van der Waals surface area (Å²) in [5, 5.41) is 0. The fourth-order valence-corrected chi connectivity index (χ4v) is 2.60. The van der Waals surface area contributed by atoms with E-state index in [2.05, 4.69) is 29.2 Å². The van der Waals surface area contributed by atoms with Gasteiger partial charge >= 0.3 is 0 Å². The molecule has 1 aromatic rings. The van der Waals surface area contributed by atoms with E-state index in [1.54, 1.807) is 0 Å². The Kier molecular flexibility index (Phi) is 8.02. The van der Waals surface area contributed by atoms with Crippen LogP contribution in [-0.2, 0) is 6.54 Å². The van der Waals surface area contributed by atoms with Crippen LogP contribution in [0.5, 0.6) is 0 Å². The second-order valence-electron chi connectivity index (χ2n) is 3.47. The first-order valence-corrected chi connectivity index (χ1v) is 6.17. The van der Waals surface area contributed by atoms with Crippen LogP contribution >= 0.6 is 36.6 Å². The van der Waals surface area contributed by atoms with Gasteiger partial charge in [-0.1, -0.05) is 12.1 Å². The van der Waals surface area contributed by atoms with Crippen molar-refractivity contribution in [2.24, 2.45) is 5.73 Å². The average molecular weight is 281 g/mol. The number of nitrogens with two attached hydrogens (primary N) is 1. The van der Waals surface area contributed by atoms with Crippen LogP contribution in [0.2, 0.25) is 0 Å². The highest BCUT2D eigenvalue weighted by atomic mass is 35.5. The summed E-state index contributed by atoms with van der Waals surface area (Å²) in [5.74, 6) is 2.49. The standard InChI is InChI=1S/C11H16N2S.2ClH/c12-9-10-2-1-3-11(8-10)13-4-6-14-7-5-13;;/h1-3,8H,4-7,9,12H2;2*1H. The molecular weight excluding hydrogens is 263 g/mol. The van der Waals surface area contributed by atoms with Gasteiger partial charge in [-0.3, -0.25) is 0 Å². The summed E-state index contributed by atoms with van der Waals surface area (Å²) in [7, 11) is 0. The van der Waals surface area contributed by atoms with Crippen LogP contribution in [0.25, 0.3) is 0 Å². The Morgan fingerprint density at radius 3 is 2.50 bits per heavy atom. The minimum absolute atomic E-state index is 0. The molecule has 2 nitrogen and oxygen atoms in total. The molecule has 0 aromatic heterocycles. The number of rotatable bonds is 2. The lowest BCUT2D eigenvalue weighted by Crippen LogP contribution is -2.32. The van der Waals surface area contributed by atoms with Gasteiger partial charge in [-0.05, 0) is 17.7 Å². The third kappa shape index (κ3) is 4.06. The SMILES string of the molecule is Cl.Cl.NCc1cccc(N2CCSCC2)c1. The predicted molar refractivity (Wildman–Crippen MR) is 78.4 cm³/mol. The van der Waals surface area contributed by atoms with Crippen molar-refractivity contribution in [1.29, 1.82) is 0 Å². The zero-order valence-corrected chi connectivity index (χ0v) is 11.5. The van der Waals surface area contributed by atoms with Crippen LogP contribution in [0.1, 0.15) is 5.56 Å². The maximum Gasteiger partial charge on any atom is 0.0369 e. The van der Waals surface area contributed by atoms with Crippen molar-refractivity contribution >= 4 is 42.3 Å². The van der Waals surface area contributed by atoms with Crippen LogP contribution in [0.3, 0.4) is 0 Å². The fraction of sp³-hybridized carbons (Fsp3) is 0.455. The monoisotopic (exact) mass is 280 g/mol. The van der Waals surface area contributed by atoms with E-state index >= 15 is 0 Å². The molecular formula is C11H18Cl2N2S. The number of halogens is 2. The molecule has 0 atom stereocenters. The first kappa shape index (κ1) is 15.9. The molecule has 0 aliphatic carbocycles. The van der Waals surface area contributed by atoms with E-state index in [4.69, 9.17) is 5.73 Å². The lowest BCUT2D eigenvalue weighted by Gasteiger charge is -2.28. The van der Waals surface area contributed by atoms with Crippen LogP contribution in [-0.4, -0.2) is 24.6 Å². The van der Waals surface area contributed by atoms with Gasteiger partial charge in [-0.15, -0.1) is 24.8 Å². The maximum absolute atomic E-state index is 5.63. The third-order valence-electron chi connectivity index (χ3n) is 2.52. The first-order chi connectivity index (χ1) is 6.90. The number of thioether (sulfide) groups is 1. The topological polar surface area (TPSA) is 29.3 Å². The number of anilines is 1. The molecule has 0 spiro atoms. The van der Waals surface area contributed by atoms with Crippen molar-refractivity contribution < 1.29 is 0 Å². The lowest BCUT2D eigenvalue weighted by atomic mass is 10.2. The summed E-state index contributed by atoms with van der Waals surface area (Å²) < 4.78 is 0. The molecule has 0 saturated carbocycles. The van der Waals surface area contributed by atoms with E-state index in [1.807, 2.05) is 11.8 Å². The summed E-state index contributed by atoms with van der Waals surface area (Å²) in [5.41, 5.74) is 8.18. The fourth-order valence-electron chi connectivity index (χ4n) is 1.70. The molecule has 1 aromatic carbocycles. The van der Waals surface area contributed by atoms with E-state index in [0.29, 0.717) is 6.54 Å². The Morgan fingerprint density at radius 2 is 1.88 bits per heavy atom. The molecule has 0 unspecified atom stereocenters. The molecule has 2 N–H and O–H groups in total. The molecule has 1 aliphatic heterocycles. The van der Waals surface area contributed by atoms with Crippen molar-refractivity contribution in [2.75, 3.05) is 29.5 Å². The van der Waals surface area contributed by atoms with Gasteiger partial charge in [0.1, 0.15) is 0 Å².